The summed E-state index contributed by atoms with van der Waals surface area (Å²) >= 11 is 10.1. The molecule has 0 atom stereocenters. The van der Waals surface area contributed by atoms with Crippen LogP contribution in [0, 0.1) is 6.92 Å². The largest absolute Gasteiger partial charge is 0.465 e. The van der Waals surface area contributed by atoms with Crippen molar-refractivity contribution in [3.05, 3.63) is 56.5 Å². The SMILES string of the molecule is COC(=O)c1ccc(Oc2c(C)cc(C3CC3)c(Br)c2Cl)cc1. The number of hydrogen-bond acceptors (Lipinski definition) is 3. The Labute approximate surface area is 148 Å². The highest BCUT2D eigenvalue weighted by Gasteiger charge is 2.28. The fourth-order valence-electron chi connectivity index (χ4n) is 2.47. The Kier molecular flexibility index (Phi) is 4.64. The van der Waals surface area contributed by atoms with Crippen molar-refractivity contribution >= 4 is 33.5 Å². The molecule has 1 fully saturated rings. The molecule has 0 radical (unpaired) electrons. The quantitative estimate of drug-likeness (QED) is 0.608. The van der Waals surface area contributed by atoms with Crippen molar-refractivity contribution in [3.63, 3.8) is 0 Å². The van der Waals surface area contributed by atoms with Gasteiger partial charge in [0.15, 0.2) is 0 Å². The van der Waals surface area contributed by atoms with Crippen LogP contribution < -0.4 is 4.74 Å². The van der Waals surface area contributed by atoms with E-state index in [2.05, 4.69) is 26.7 Å². The summed E-state index contributed by atoms with van der Waals surface area (Å²) in [6.07, 6.45) is 2.42. The van der Waals surface area contributed by atoms with Crippen LogP contribution >= 0.6 is 27.5 Å². The highest BCUT2D eigenvalue weighted by Crippen LogP contribution is 2.49. The van der Waals surface area contributed by atoms with E-state index in [0.29, 0.717) is 28.0 Å². The summed E-state index contributed by atoms with van der Waals surface area (Å²) in [6, 6.07) is 8.91. The summed E-state index contributed by atoms with van der Waals surface area (Å²) in [5.41, 5.74) is 2.73. The molecule has 0 unspecified atom stereocenters. The minimum Gasteiger partial charge on any atom is -0.465 e. The van der Waals surface area contributed by atoms with Gasteiger partial charge in [-0.25, -0.2) is 4.79 Å². The van der Waals surface area contributed by atoms with Gasteiger partial charge in [0.1, 0.15) is 11.5 Å². The van der Waals surface area contributed by atoms with Crippen molar-refractivity contribution in [1.82, 2.24) is 0 Å². The number of methoxy groups -OCH3 is 1. The van der Waals surface area contributed by atoms with Crippen LogP contribution in [0.25, 0.3) is 0 Å². The predicted octanol–water partition coefficient (Wildman–Crippen LogP) is 5.87. The third-order valence-corrected chi connectivity index (χ3v) is 5.33. The number of esters is 1. The molecule has 0 saturated heterocycles. The van der Waals surface area contributed by atoms with E-state index < -0.39 is 0 Å². The maximum Gasteiger partial charge on any atom is 0.337 e. The summed E-state index contributed by atoms with van der Waals surface area (Å²) in [5, 5.41) is 0.587. The fourth-order valence-corrected chi connectivity index (χ4v) is 3.39. The maximum atomic E-state index is 11.5. The topological polar surface area (TPSA) is 35.5 Å². The molecule has 120 valence electrons. The molecule has 0 heterocycles. The number of aryl methyl sites for hydroxylation is 1. The average Bonchev–Trinajstić information content (AvgIpc) is 3.39. The zero-order chi connectivity index (χ0) is 16.6. The second kappa shape index (κ2) is 6.54. The molecular formula is C18H16BrClO3. The number of hydrogen-bond donors (Lipinski definition) is 0. The molecule has 2 aromatic rings. The molecule has 23 heavy (non-hydrogen) atoms. The number of halogens is 2. The first-order chi connectivity index (χ1) is 11.0. The van der Waals surface area contributed by atoms with Gasteiger partial charge in [0, 0.05) is 4.47 Å². The number of rotatable bonds is 4. The molecule has 1 aliphatic carbocycles. The lowest BCUT2D eigenvalue weighted by Crippen LogP contribution is -2.00. The van der Waals surface area contributed by atoms with Crippen LogP contribution in [0.15, 0.2) is 34.8 Å². The van der Waals surface area contributed by atoms with Crippen LogP contribution in [-0.2, 0) is 4.74 Å². The molecule has 3 nitrogen and oxygen atoms in total. The Morgan fingerprint density at radius 3 is 2.48 bits per heavy atom. The van der Waals surface area contributed by atoms with Crippen molar-refractivity contribution in [3.8, 4) is 11.5 Å². The second-order valence-electron chi connectivity index (χ2n) is 5.63. The van der Waals surface area contributed by atoms with E-state index in [9.17, 15) is 4.79 Å². The Morgan fingerprint density at radius 2 is 1.91 bits per heavy atom. The van der Waals surface area contributed by atoms with Crippen molar-refractivity contribution in [1.29, 1.82) is 0 Å². The molecule has 3 rings (SSSR count). The van der Waals surface area contributed by atoms with Gasteiger partial charge in [-0.3, -0.25) is 0 Å². The molecule has 2 aromatic carbocycles. The van der Waals surface area contributed by atoms with Gasteiger partial charge in [-0.2, -0.15) is 0 Å². The first kappa shape index (κ1) is 16.3. The van der Waals surface area contributed by atoms with Gasteiger partial charge < -0.3 is 9.47 Å². The summed E-state index contributed by atoms with van der Waals surface area (Å²) < 4.78 is 11.5. The standard InChI is InChI=1S/C18H16BrClO3/c1-10-9-14(11-3-4-11)15(19)16(20)17(10)23-13-7-5-12(6-8-13)18(21)22-2/h5-9,11H,3-4H2,1-2H3. The molecular weight excluding hydrogens is 380 g/mol. The van der Waals surface area contributed by atoms with E-state index in [1.54, 1.807) is 24.3 Å². The summed E-state index contributed by atoms with van der Waals surface area (Å²) in [7, 11) is 1.36. The van der Waals surface area contributed by atoms with Crippen molar-refractivity contribution in [2.75, 3.05) is 7.11 Å². The zero-order valence-electron chi connectivity index (χ0n) is 12.9. The maximum absolute atomic E-state index is 11.5. The molecule has 0 aromatic heterocycles. The number of benzene rings is 2. The van der Waals surface area contributed by atoms with Crippen LogP contribution in [0.3, 0.4) is 0 Å². The van der Waals surface area contributed by atoms with Gasteiger partial charge in [-0.1, -0.05) is 17.7 Å². The highest BCUT2D eigenvalue weighted by molar-refractivity contribution is 9.10. The van der Waals surface area contributed by atoms with Gasteiger partial charge in [-0.15, -0.1) is 0 Å². The minimum atomic E-state index is -0.373. The summed E-state index contributed by atoms with van der Waals surface area (Å²) in [4.78, 5) is 11.5. The smallest absolute Gasteiger partial charge is 0.337 e. The summed E-state index contributed by atoms with van der Waals surface area (Å²) in [5.74, 6) is 1.48. The Bertz CT molecular complexity index is 752. The monoisotopic (exact) mass is 394 g/mol. The fraction of sp³-hybridized carbons (Fsp3) is 0.278. The van der Waals surface area contributed by atoms with Gasteiger partial charge in [-0.05, 0) is 77.0 Å². The van der Waals surface area contributed by atoms with E-state index in [1.165, 1.54) is 25.5 Å². The summed E-state index contributed by atoms with van der Waals surface area (Å²) in [6.45, 7) is 1.99. The van der Waals surface area contributed by atoms with Crippen LogP contribution in [0.2, 0.25) is 5.02 Å². The van der Waals surface area contributed by atoms with Gasteiger partial charge in [0.25, 0.3) is 0 Å². The van der Waals surface area contributed by atoms with Crippen LogP contribution in [0.4, 0.5) is 0 Å². The second-order valence-corrected chi connectivity index (χ2v) is 6.80. The first-order valence-corrected chi connectivity index (χ1v) is 8.53. The molecule has 0 N–H and O–H groups in total. The highest BCUT2D eigenvalue weighted by atomic mass is 79.9. The van der Waals surface area contributed by atoms with Gasteiger partial charge in [0.2, 0.25) is 0 Å². The molecule has 0 spiro atoms. The number of carbonyl (C=O) groups is 1. The Balaban J connectivity index is 1.88. The number of carbonyl (C=O) groups excluding carboxylic acids is 1. The lowest BCUT2D eigenvalue weighted by molar-refractivity contribution is 0.0600. The lowest BCUT2D eigenvalue weighted by Gasteiger charge is -2.15. The Morgan fingerprint density at radius 1 is 1.26 bits per heavy atom. The van der Waals surface area contributed by atoms with E-state index >= 15 is 0 Å². The molecule has 1 saturated carbocycles. The molecule has 1 aliphatic rings. The van der Waals surface area contributed by atoms with Crippen molar-refractivity contribution < 1.29 is 14.3 Å². The predicted molar refractivity (Wildman–Crippen MR) is 93.7 cm³/mol. The van der Waals surface area contributed by atoms with Gasteiger partial charge in [0.05, 0.1) is 17.7 Å². The van der Waals surface area contributed by atoms with Gasteiger partial charge >= 0.3 is 5.97 Å². The molecule has 5 heteroatoms. The average molecular weight is 396 g/mol. The van der Waals surface area contributed by atoms with Crippen molar-refractivity contribution in [2.24, 2.45) is 0 Å². The third-order valence-electron chi connectivity index (χ3n) is 3.89. The normalized spacial score (nSPS) is 13.7. The molecule has 0 bridgehead atoms. The zero-order valence-corrected chi connectivity index (χ0v) is 15.2. The molecule has 0 aliphatic heterocycles. The van der Waals surface area contributed by atoms with Crippen LogP contribution in [-0.4, -0.2) is 13.1 Å². The first-order valence-electron chi connectivity index (χ1n) is 7.36. The van der Waals surface area contributed by atoms with E-state index in [4.69, 9.17) is 16.3 Å². The van der Waals surface area contributed by atoms with E-state index in [-0.39, 0.29) is 5.97 Å². The van der Waals surface area contributed by atoms with E-state index in [1.807, 2.05) is 6.92 Å². The van der Waals surface area contributed by atoms with Crippen LogP contribution in [0.1, 0.15) is 40.2 Å². The van der Waals surface area contributed by atoms with Crippen molar-refractivity contribution in [2.45, 2.75) is 25.7 Å². The third kappa shape index (κ3) is 3.38. The Hall–Kier alpha value is -1.52. The molecule has 0 amide bonds. The van der Waals surface area contributed by atoms with Crippen LogP contribution in [0.5, 0.6) is 11.5 Å². The minimum absolute atomic E-state index is 0.373. The van der Waals surface area contributed by atoms with E-state index in [0.717, 1.165) is 10.0 Å². The lowest BCUT2D eigenvalue weighted by atomic mass is 10.1. The number of ether oxygens (including phenoxy) is 2.